The van der Waals surface area contributed by atoms with Crippen LogP contribution in [0.5, 0.6) is 0 Å². The largest absolute Gasteiger partial charge is 4.00 e. The topological polar surface area (TPSA) is 25.8 Å². The number of halogens is 2. The van der Waals surface area contributed by atoms with E-state index in [0.717, 1.165) is 24.2 Å². The van der Waals surface area contributed by atoms with Crippen molar-refractivity contribution in [3.8, 4) is 44.8 Å². The van der Waals surface area contributed by atoms with Gasteiger partial charge in [-0.2, -0.15) is 0 Å². The summed E-state index contributed by atoms with van der Waals surface area (Å²) >= 11 is 0. The summed E-state index contributed by atoms with van der Waals surface area (Å²) in [5.74, 6) is 0. The predicted octanol–water partition coefficient (Wildman–Crippen LogP) is 6.49. The van der Waals surface area contributed by atoms with E-state index in [1.165, 1.54) is 78.9 Å². The van der Waals surface area contributed by atoms with Crippen LogP contribution in [0.15, 0.2) is 158 Å². The van der Waals surface area contributed by atoms with Gasteiger partial charge in [-0.1, -0.05) is 135 Å². The molecule has 8 aromatic rings. The molecule has 0 radical (unpaired) electrons. The van der Waals surface area contributed by atoms with Crippen LogP contribution in [0.2, 0.25) is 0 Å². The molecule has 0 saturated carbocycles. The van der Waals surface area contributed by atoms with Gasteiger partial charge in [0.15, 0.2) is 0 Å². The maximum atomic E-state index is 4.48. The van der Waals surface area contributed by atoms with Gasteiger partial charge >= 0.3 is 26.2 Å². The monoisotopic (exact) mass is 780 g/mol. The second kappa shape index (κ2) is 18.9. The average Bonchev–Trinajstić information content (AvgIpc) is 3.79. The fraction of sp³-hybridized carbons (Fsp3) is 0.130. The second-order valence-electron chi connectivity index (χ2n) is 12.4. The zero-order chi connectivity index (χ0) is 32.7. The molecule has 0 aliphatic rings. The third-order valence-electron chi connectivity index (χ3n) is 9.03. The van der Waals surface area contributed by atoms with Crippen LogP contribution in [0.25, 0.3) is 66.3 Å². The molecule has 0 unspecified atom stereocenters. The molecule has 0 aliphatic heterocycles. The van der Waals surface area contributed by atoms with Crippen LogP contribution >= 0.6 is 0 Å². The standard InChI is InChI=1S/2C23H20N.2ClH.Zr/c2*1-2-6-17-10-12-18(13-11-17)21-8-5-7-19-15-20(16-22(19)21)23-9-3-4-14-24-23;;;/h2*3-5,7-16H,2,6H2,1H3;2*1H;/q2*-1;;;+4/p-2. The molecule has 252 valence electrons. The van der Waals surface area contributed by atoms with Crippen molar-refractivity contribution in [2.45, 2.75) is 39.5 Å². The molecular formula is C46H40Cl2N2Zr. The Bertz CT molecular complexity index is 2080. The maximum absolute atomic E-state index is 4.48. The van der Waals surface area contributed by atoms with Crippen molar-refractivity contribution in [1.82, 2.24) is 9.97 Å². The van der Waals surface area contributed by atoms with Gasteiger partial charge in [-0.05, 0) is 47.2 Å². The van der Waals surface area contributed by atoms with Gasteiger partial charge in [-0.3, -0.25) is 9.97 Å². The number of aromatic nitrogens is 2. The van der Waals surface area contributed by atoms with Gasteiger partial charge in [0.05, 0.1) is 0 Å². The minimum atomic E-state index is 0. The first-order chi connectivity index (χ1) is 23.7. The van der Waals surface area contributed by atoms with Gasteiger partial charge in [-0.15, -0.1) is 69.1 Å². The Morgan fingerprint density at radius 3 is 1.24 bits per heavy atom. The number of hydrogen-bond donors (Lipinski definition) is 0. The van der Waals surface area contributed by atoms with E-state index in [2.05, 4.69) is 145 Å². The van der Waals surface area contributed by atoms with E-state index >= 15 is 0 Å². The molecule has 6 aromatic carbocycles. The Morgan fingerprint density at radius 2 is 0.882 bits per heavy atom. The van der Waals surface area contributed by atoms with Crippen molar-refractivity contribution < 1.29 is 51.0 Å². The van der Waals surface area contributed by atoms with Gasteiger partial charge in [0.2, 0.25) is 0 Å². The number of nitrogens with zero attached hydrogens (tertiary/aromatic N) is 2. The first-order valence-electron chi connectivity index (χ1n) is 17.1. The number of fused-ring (bicyclic) bond motifs is 2. The van der Waals surface area contributed by atoms with Crippen molar-refractivity contribution in [2.24, 2.45) is 0 Å². The van der Waals surface area contributed by atoms with E-state index in [0.29, 0.717) is 0 Å². The molecule has 8 rings (SSSR count). The summed E-state index contributed by atoms with van der Waals surface area (Å²) in [5, 5.41) is 5.12. The van der Waals surface area contributed by atoms with E-state index in [4.69, 9.17) is 0 Å². The summed E-state index contributed by atoms with van der Waals surface area (Å²) in [6.45, 7) is 4.44. The average molecular weight is 783 g/mol. The molecule has 2 heterocycles. The smallest absolute Gasteiger partial charge is 1.00 e. The summed E-state index contributed by atoms with van der Waals surface area (Å²) in [7, 11) is 0. The van der Waals surface area contributed by atoms with Crippen molar-refractivity contribution in [1.29, 1.82) is 0 Å². The first-order valence-corrected chi connectivity index (χ1v) is 17.1. The number of aryl methyl sites for hydroxylation is 2. The molecule has 0 saturated heterocycles. The van der Waals surface area contributed by atoms with Gasteiger partial charge in [0.1, 0.15) is 0 Å². The molecule has 0 N–H and O–H groups in total. The Morgan fingerprint density at radius 1 is 0.471 bits per heavy atom. The Kier molecular flexibility index (Phi) is 14.7. The van der Waals surface area contributed by atoms with E-state index in [1.54, 1.807) is 0 Å². The molecular weight excluding hydrogens is 743 g/mol. The van der Waals surface area contributed by atoms with Gasteiger partial charge in [0, 0.05) is 23.8 Å². The third-order valence-corrected chi connectivity index (χ3v) is 9.03. The quantitative estimate of drug-likeness (QED) is 0.165. The fourth-order valence-electron chi connectivity index (χ4n) is 6.61. The third kappa shape index (κ3) is 9.21. The van der Waals surface area contributed by atoms with E-state index in [9.17, 15) is 0 Å². The maximum Gasteiger partial charge on any atom is 4.00 e. The summed E-state index contributed by atoms with van der Waals surface area (Å²) in [6.07, 6.45) is 8.35. The predicted molar refractivity (Wildman–Crippen MR) is 204 cm³/mol. The van der Waals surface area contributed by atoms with Gasteiger partial charge in [-0.25, -0.2) is 0 Å². The molecule has 0 spiro atoms. The molecule has 0 fully saturated rings. The van der Waals surface area contributed by atoms with Crippen LogP contribution < -0.4 is 24.8 Å². The van der Waals surface area contributed by atoms with Crippen LogP contribution in [-0.4, -0.2) is 9.97 Å². The van der Waals surface area contributed by atoms with Gasteiger partial charge in [0.25, 0.3) is 0 Å². The summed E-state index contributed by atoms with van der Waals surface area (Å²) in [4.78, 5) is 8.96. The van der Waals surface area contributed by atoms with Crippen molar-refractivity contribution >= 4 is 21.5 Å². The molecule has 0 aliphatic carbocycles. The Balaban J connectivity index is 0.000000216. The van der Waals surface area contributed by atoms with Crippen LogP contribution in [0, 0.1) is 0 Å². The number of rotatable bonds is 8. The first kappa shape index (κ1) is 39.6. The summed E-state index contributed by atoms with van der Waals surface area (Å²) in [6, 6.07) is 52.1. The van der Waals surface area contributed by atoms with Crippen LogP contribution in [0.1, 0.15) is 37.8 Å². The fourth-order valence-corrected chi connectivity index (χ4v) is 6.61. The number of pyridine rings is 2. The molecule has 5 heteroatoms. The minimum Gasteiger partial charge on any atom is -1.00 e. The summed E-state index contributed by atoms with van der Waals surface area (Å²) in [5.41, 5.74) is 12.4. The van der Waals surface area contributed by atoms with Crippen molar-refractivity contribution in [3.63, 3.8) is 0 Å². The van der Waals surface area contributed by atoms with Crippen LogP contribution in [0.3, 0.4) is 0 Å². The van der Waals surface area contributed by atoms with E-state index in [-0.39, 0.29) is 51.0 Å². The second-order valence-corrected chi connectivity index (χ2v) is 12.4. The van der Waals surface area contributed by atoms with E-state index in [1.807, 2.05) is 36.7 Å². The summed E-state index contributed by atoms with van der Waals surface area (Å²) < 4.78 is 0. The number of benzene rings is 4. The van der Waals surface area contributed by atoms with Crippen molar-refractivity contribution in [2.75, 3.05) is 0 Å². The normalized spacial score (nSPS) is 10.4. The SMILES string of the molecule is CCCc1ccc(-c2cccc3[cH-]c(-c4ccccn4)cc23)cc1.CCCc1ccc(-c2cccc3[cH-]c(-c4ccccn4)cc23)cc1.[Cl-].[Cl-].[Zr+4]. The molecule has 2 aromatic heterocycles. The Hall–Kier alpha value is -4.14. The molecule has 51 heavy (non-hydrogen) atoms. The molecule has 0 atom stereocenters. The van der Waals surface area contributed by atoms with Crippen LogP contribution in [-0.2, 0) is 39.0 Å². The molecule has 0 bridgehead atoms. The zero-order valence-electron chi connectivity index (χ0n) is 29.0. The number of hydrogen-bond acceptors (Lipinski definition) is 2. The molecule has 2 nitrogen and oxygen atoms in total. The van der Waals surface area contributed by atoms with Crippen LogP contribution in [0.4, 0.5) is 0 Å². The zero-order valence-corrected chi connectivity index (χ0v) is 33.0. The molecule has 0 amide bonds. The van der Waals surface area contributed by atoms with Crippen molar-refractivity contribution in [3.05, 3.63) is 169 Å². The van der Waals surface area contributed by atoms with Gasteiger partial charge < -0.3 is 24.8 Å². The Labute approximate surface area is 333 Å². The van der Waals surface area contributed by atoms with E-state index < -0.39 is 0 Å². The minimum absolute atomic E-state index is 0.